The molecule has 0 saturated heterocycles. The van der Waals surface area contributed by atoms with Crippen molar-refractivity contribution in [1.29, 1.82) is 0 Å². The van der Waals surface area contributed by atoms with Gasteiger partial charge in [-0.15, -0.1) is 0 Å². The zero-order valence-electron chi connectivity index (χ0n) is 11.3. The lowest BCUT2D eigenvalue weighted by atomic mass is 9.87. The highest BCUT2D eigenvalue weighted by Crippen LogP contribution is 2.26. The summed E-state index contributed by atoms with van der Waals surface area (Å²) in [7, 11) is 0. The SMILES string of the molecule is CC(C)(C)C(NC(=O)Nc1cc(Br)ccc1Cl)C(=O)O. The molecule has 0 spiro atoms. The van der Waals surface area contributed by atoms with Gasteiger partial charge in [-0.2, -0.15) is 0 Å². The first-order valence-electron chi connectivity index (χ1n) is 5.86. The van der Waals surface area contributed by atoms with Gasteiger partial charge in [-0.05, 0) is 23.6 Å². The summed E-state index contributed by atoms with van der Waals surface area (Å²) < 4.78 is 0.753. The number of carboxylic acids is 1. The van der Waals surface area contributed by atoms with Crippen molar-refractivity contribution in [2.45, 2.75) is 26.8 Å². The molecule has 1 atom stereocenters. The molecule has 2 amide bonds. The van der Waals surface area contributed by atoms with Crippen LogP contribution in [-0.2, 0) is 4.79 Å². The third-order valence-electron chi connectivity index (χ3n) is 2.57. The molecular formula is C13H16BrClN2O3. The van der Waals surface area contributed by atoms with Crippen molar-refractivity contribution in [3.8, 4) is 0 Å². The fraction of sp³-hybridized carbons (Fsp3) is 0.385. The minimum atomic E-state index is -1.09. The van der Waals surface area contributed by atoms with Crippen LogP contribution in [0.4, 0.5) is 10.5 Å². The summed E-state index contributed by atoms with van der Waals surface area (Å²) in [5.74, 6) is -1.09. The standard InChI is InChI=1S/C13H16BrClN2O3/c1-13(2,3)10(11(18)19)17-12(20)16-9-6-7(14)4-5-8(9)15/h4-6,10H,1-3H3,(H,18,19)(H2,16,17,20). The van der Waals surface area contributed by atoms with Crippen LogP contribution >= 0.6 is 27.5 Å². The molecule has 3 N–H and O–H groups in total. The monoisotopic (exact) mass is 362 g/mol. The molecule has 110 valence electrons. The highest BCUT2D eigenvalue weighted by molar-refractivity contribution is 9.10. The average molecular weight is 364 g/mol. The largest absolute Gasteiger partial charge is 0.480 e. The first kappa shape index (κ1) is 16.8. The van der Waals surface area contributed by atoms with E-state index >= 15 is 0 Å². The van der Waals surface area contributed by atoms with Gasteiger partial charge in [-0.25, -0.2) is 9.59 Å². The molecule has 1 rings (SSSR count). The fourth-order valence-electron chi connectivity index (χ4n) is 1.53. The molecule has 0 saturated carbocycles. The predicted molar refractivity (Wildman–Crippen MR) is 82.2 cm³/mol. The summed E-state index contributed by atoms with van der Waals surface area (Å²) in [4.78, 5) is 23.1. The van der Waals surface area contributed by atoms with Crippen LogP contribution in [0, 0.1) is 5.41 Å². The Kier molecular flexibility index (Phi) is 5.42. The van der Waals surface area contributed by atoms with Gasteiger partial charge in [0.1, 0.15) is 6.04 Å². The Balaban J connectivity index is 2.81. The summed E-state index contributed by atoms with van der Waals surface area (Å²) in [5.41, 5.74) is -0.207. The topological polar surface area (TPSA) is 78.4 Å². The van der Waals surface area contributed by atoms with Gasteiger partial charge in [0, 0.05) is 4.47 Å². The van der Waals surface area contributed by atoms with Crippen molar-refractivity contribution in [3.05, 3.63) is 27.7 Å². The lowest BCUT2D eigenvalue weighted by Crippen LogP contribution is -2.50. The number of aliphatic carboxylic acids is 1. The summed E-state index contributed by atoms with van der Waals surface area (Å²) in [6, 6.07) is 3.37. The number of anilines is 1. The second-order valence-corrected chi connectivity index (χ2v) is 6.68. The number of carbonyl (C=O) groups excluding carboxylic acids is 1. The van der Waals surface area contributed by atoms with Crippen LogP contribution in [0.3, 0.4) is 0 Å². The van der Waals surface area contributed by atoms with Gasteiger partial charge in [0.2, 0.25) is 0 Å². The molecule has 1 aromatic rings. The molecule has 20 heavy (non-hydrogen) atoms. The van der Waals surface area contributed by atoms with Crippen LogP contribution in [0.15, 0.2) is 22.7 Å². The maximum Gasteiger partial charge on any atom is 0.326 e. The molecule has 1 aromatic carbocycles. The Labute approximate surface area is 130 Å². The van der Waals surface area contributed by atoms with Crippen molar-refractivity contribution in [3.63, 3.8) is 0 Å². The van der Waals surface area contributed by atoms with Crippen LogP contribution in [-0.4, -0.2) is 23.1 Å². The summed E-state index contributed by atoms with van der Waals surface area (Å²) in [5, 5.41) is 14.5. The maximum atomic E-state index is 11.9. The molecule has 5 nitrogen and oxygen atoms in total. The minimum absolute atomic E-state index is 0.367. The number of carbonyl (C=O) groups is 2. The Hall–Kier alpha value is -1.27. The summed E-state index contributed by atoms with van der Waals surface area (Å²) >= 11 is 9.22. The molecule has 7 heteroatoms. The van der Waals surface area contributed by atoms with Crippen LogP contribution < -0.4 is 10.6 Å². The number of nitrogens with one attached hydrogen (secondary N) is 2. The van der Waals surface area contributed by atoms with Crippen LogP contribution in [0.2, 0.25) is 5.02 Å². The lowest BCUT2D eigenvalue weighted by molar-refractivity contribution is -0.141. The van der Waals surface area contributed by atoms with Gasteiger partial charge < -0.3 is 15.7 Å². The van der Waals surface area contributed by atoms with E-state index < -0.39 is 23.5 Å². The molecule has 0 aliphatic rings. The molecular weight excluding hydrogens is 348 g/mol. The van der Waals surface area contributed by atoms with Crippen molar-refractivity contribution in [2.24, 2.45) is 5.41 Å². The quantitative estimate of drug-likeness (QED) is 0.766. The summed E-state index contributed by atoms with van der Waals surface area (Å²) in [6.45, 7) is 5.20. The molecule has 0 aromatic heterocycles. The van der Waals surface area contributed by atoms with Crippen molar-refractivity contribution < 1.29 is 14.7 Å². The molecule has 0 bridgehead atoms. The smallest absolute Gasteiger partial charge is 0.326 e. The van der Waals surface area contributed by atoms with Crippen LogP contribution in [0.5, 0.6) is 0 Å². The molecule has 0 radical (unpaired) electrons. The van der Waals surface area contributed by atoms with Crippen molar-refractivity contribution >= 4 is 45.2 Å². The minimum Gasteiger partial charge on any atom is -0.480 e. The number of carboxylic acid groups (broad SMARTS) is 1. The Morgan fingerprint density at radius 2 is 1.95 bits per heavy atom. The first-order valence-corrected chi connectivity index (χ1v) is 7.03. The lowest BCUT2D eigenvalue weighted by Gasteiger charge is -2.27. The molecule has 0 heterocycles. The highest BCUT2D eigenvalue weighted by atomic mass is 79.9. The van der Waals surface area contributed by atoms with E-state index in [1.165, 1.54) is 0 Å². The second-order valence-electron chi connectivity index (χ2n) is 5.36. The summed E-state index contributed by atoms with van der Waals surface area (Å²) in [6.07, 6.45) is 0. The van der Waals surface area contributed by atoms with Gasteiger partial charge in [-0.1, -0.05) is 48.3 Å². The number of rotatable bonds is 3. The second kappa shape index (κ2) is 6.45. The number of amides is 2. The Morgan fingerprint density at radius 1 is 1.35 bits per heavy atom. The van der Waals surface area contributed by atoms with E-state index in [9.17, 15) is 9.59 Å². The zero-order chi connectivity index (χ0) is 15.5. The average Bonchev–Trinajstić information content (AvgIpc) is 2.29. The Bertz CT molecular complexity index is 529. The van der Waals surface area contributed by atoms with E-state index in [4.69, 9.17) is 16.7 Å². The number of halogens is 2. The highest BCUT2D eigenvalue weighted by Gasteiger charge is 2.32. The van der Waals surface area contributed by atoms with Gasteiger partial charge in [0.15, 0.2) is 0 Å². The van der Waals surface area contributed by atoms with Gasteiger partial charge in [-0.3, -0.25) is 0 Å². The van der Waals surface area contributed by atoms with E-state index in [-0.39, 0.29) is 0 Å². The maximum absolute atomic E-state index is 11.9. The van der Waals surface area contributed by atoms with Crippen molar-refractivity contribution in [2.75, 3.05) is 5.32 Å². The van der Waals surface area contributed by atoms with E-state index in [2.05, 4.69) is 26.6 Å². The predicted octanol–water partition coefficient (Wildman–Crippen LogP) is 3.72. The molecule has 0 aliphatic heterocycles. The van der Waals surface area contributed by atoms with Gasteiger partial charge in [0.25, 0.3) is 0 Å². The molecule has 1 unspecified atom stereocenters. The first-order chi connectivity index (χ1) is 9.11. The van der Waals surface area contributed by atoms with Gasteiger partial charge >= 0.3 is 12.0 Å². The van der Waals surface area contributed by atoms with E-state index in [1.807, 2.05) is 0 Å². The Morgan fingerprint density at radius 3 is 2.45 bits per heavy atom. The van der Waals surface area contributed by atoms with Crippen LogP contribution in [0.1, 0.15) is 20.8 Å². The van der Waals surface area contributed by atoms with E-state index in [0.717, 1.165) is 4.47 Å². The van der Waals surface area contributed by atoms with Crippen molar-refractivity contribution in [1.82, 2.24) is 5.32 Å². The zero-order valence-corrected chi connectivity index (χ0v) is 13.7. The normalized spacial score (nSPS) is 12.7. The molecule has 0 aliphatic carbocycles. The van der Waals surface area contributed by atoms with Gasteiger partial charge in [0.05, 0.1) is 10.7 Å². The third-order valence-corrected chi connectivity index (χ3v) is 3.39. The number of hydrogen-bond acceptors (Lipinski definition) is 2. The fourth-order valence-corrected chi connectivity index (χ4v) is 2.06. The third kappa shape index (κ3) is 4.68. The van der Waals surface area contributed by atoms with E-state index in [1.54, 1.807) is 39.0 Å². The van der Waals surface area contributed by atoms with E-state index in [0.29, 0.717) is 10.7 Å². The molecule has 0 fully saturated rings. The number of benzene rings is 1. The van der Waals surface area contributed by atoms with Crippen LogP contribution in [0.25, 0.3) is 0 Å². The number of urea groups is 1. The number of hydrogen-bond donors (Lipinski definition) is 3.